The van der Waals surface area contributed by atoms with Gasteiger partial charge < -0.3 is 15.0 Å². The van der Waals surface area contributed by atoms with Crippen molar-refractivity contribution in [2.45, 2.75) is 41.0 Å². The normalized spacial score (nSPS) is 12.4. The van der Waals surface area contributed by atoms with Crippen LogP contribution < -0.4 is 5.32 Å². The summed E-state index contributed by atoms with van der Waals surface area (Å²) in [4.78, 5) is 2.42. The Morgan fingerprint density at radius 3 is 2.18 bits per heavy atom. The molecule has 0 fully saturated rings. The molecular formula is C14H32N2O. The van der Waals surface area contributed by atoms with Crippen molar-refractivity contribution in [2.75, 3.05) is 45.9 Å². The lowest BCUT2D eigenvalue weighted by Gasteiger charge is -2.19. The monoisotopic (exact) mass is 244 g/mol. The predicted molar refractivity (Wildman–Crippen MR) is 75.5 cm³/mol. The average molecular weight is 244 g/mol. The van der Waals surface area contributed by atoms with Gasteiger partial charge in [-0.2, -0.15) is 0 Å². The number of hydrogen-bond acceptors (Lipinski definition) is 3. The van der Waals surface area contributed by atoms with Gasteiger partial charge in [-0.1, -0.05) is 34.6 Å². The standard InChI is InChI=1S/C14H32N2O/c1-6-16(7-2)11-9-15-10-13-17-12-8-14(3,4)5/h15H,6-13H2,1-5H3. The van der Waals surface area contributed by atoms with Crippen LogP contribution in [0.4, 0.5) is 0 Å². The maximum absolute atomic E-state index is 5.59. The van der Waals surface area contributed by atoms with Gasteiger partial charge in [0.05, 0.1) is 6.61 Å². The van der Waals surface area contributed by atoms with E-state index in [4.69, 9.17) is 4.74 Å². The van der Waals surface area contributed by atoms with Crippen molar-refractivity contribution in [2.24, 2.45) is 5.41 Å². The van der Waals surface area contributed by atoms with E-state index in [-0.39, 0.29) is 0 Å². The Hall–Kier alpha value is -0.120. The highest BCUT2D eigenvalue weighted by atomic mass is 16.5. The lowest BCUT2D eigenvalue weighted by Crippen LogP contribution is -2.33. The first kappa shape index (κ1) is 16.9. The fraction of sp³-hybridized carbons (Fsp3) is 1.00. The minimum atomic E-state index is 0.385. The second-order valence-electron chi connectivity index (χ2n) is 5.70. The van der Waals surface area contributed by atoms with Crippen LogP contribution in [-0.4, -0.2) is 50.8 Å². The first-order valence-corrected chi connectivity index (χ1v) is 7.00. The van der Waals surface area contributed by atoms with Crippen LogP contribution in [0.25, 0.3) is 0 Å². The van der Waals surface area contributed by atoms with Gasteiger partial charge in [0.25, 0.3) is 0 Å². The van der Waals surface area contributed by atoms with Crippen molar-refractivity contribution in [3.8, 4) is 0 Å². The number of nitrogens with one attached hydrogen (secondary N) is 1. The van der Waals surface area contributed by atoms with E-state index < -0.39 is 0 Å². The van der Waals surface area contributed by atoms with Crippen molar-refractivity contribution >= 4 is 0 Å². The molecule has 1 N–H and O–H groups in total. The number of nitrogens with zero attached hydrogens (tertiary/aromatic N) is 1. The zero-order valence-corrected chi connectivity index (χ0v) is 12.5. The molecule has 0 aliphatic rings. The zero-order valence-electron chi connectivity index (χ0n) is 12.5. The van der Waals surface area contributed by atoms with E-state index in [9.17, 15) is 0 Å². The molecule has 0 aromatic carbocycles. The average Bonchev–Trinajstić information content (AvgIpc) is 2.26. The fourth-order valence-electron chi connectivity index (χ4n) is 1.53. The predicted octanol–water partition coefficient (Wildman–Crippen LogP) is 2.37. The molecule has 0 radical (unpaired) electrons. The molecule has 17 heavy (non-hydrogen) atoms. The van der Waals surface area contributed by atoms with E-state index in [1.807, 2.05) is 0 Å². The molecule has 0 amide bonds. The molecule has 0 unspecified atom stereocenters. The smallest absolute Gasteiger partial charge is 0.0590 e. The molecule has 0 aromatic heterocycles. The van der Waals surface area contributed by atoms with Crippen molar-refractivity contribution in [3.63, 3.8) is 0 Å². The molecule has 0 atom stereocenters. The Balaban J connectivity index is 3.19. The third kappa shape index (κ3) is 12.1. The summed E-state index contributed by atoms with van der Waals surface area (Å²) in [6.07, 6.45) is 1.13. The highest BCUT2D eigenvalue weighted by molar-refractivity contribution is 4.60. The minimum absolute atomic E-state index is 0.385. The van der Waals surface area contributed by atoms with Crippen molar-refractivity contribution in [1.82, 2.24) is 10.2 Å². The molecule has 0 aromatic rings. The van der Waals surface area contributed by atoms with Gasteiger partial charge in [-0.25, -0.2) is 0 Å². The SMILES string of the molecule is CCN(CC)CCNCCOCCC(C)(C)C. The van der Waals surface area contributed by atoms with Crippen LogP contribution >= 0.6 is 0 Å². The summed E-state index contributed by atoms with van der Waals surface area (Å²) in [5, 5.41) is 3.42. The van der Waals surface area contributed by atoms with Crippen LogP contribution in [0.1, 0.15) is 41.0 Å². The topological polar surface area (TPSA) is 24.5 Å². The van der Waals surface area contributed by atoms with Crippen LogP contribution in [0.2, 0.25) is 0 Å². The van der Waals surface area contributed by atoms with Gasteiger partial charge in [0.1, 0.15) is 0 Å². The van der Waals surface area contributed by atoms with E-state index in [2.05, 4.69) is 44.8 Å². The maximum Gasteiger partial charge on any atom is 0.0590 e. The van der Waals surface area contributed by atoms with Gasteiger partial charge in [-0.3, -0.25) is 0 Å². The number of ether oxygens (including phenoxy) is 1. The van der Waals surface area contributed by atoms with Crippen molar-refractivity contribution in [3.05, 3.63) is 0 Å². The van der Waals surface area contributed by atoms with E-state index in [0.29, 0.717) is 5.41 Å². The molecule has 0 spiro atoms. The first-order valence-electron chi connectivity index (χ1n) is 7.00. The Labute approximate surface area is 108 Å². The van der Waals surface area contributed by atoms with Crippen LogP contribution in [-0.2, 0) is 4.74 Å². The Bertz CT molecular complexity index is 162. The quantitative estimate of drug-likeness (QED) is 0.597. The second-order valence-corrected chi connectivity index (χ2v) is 5.70. The summed E-state index contributed by atoms with van der Waals surface area (Å²) in [7, 11) is 0. The van der Waals surface area contributed by atoms with Crippen LogP contribution in [0.5, 0.6) is 0 Å². The van der Waals surface area contributed by atoms with Gasteiger partial charge in [-0.15, -0.1) is 0 Å². The lowest BCUT2D eigenvalue weighted by atomic mass is 9.93. The molecule has 3 heteroatoms. The van der Waals surface area contributed by atoms with E-state index in [1.54, 1.807) is 0 Å². The largest absolute Gasteiger partial charge is 0.380 e. The fourth-order valence-corrected chi connectivity index (χ4v) is 1.53. The summed E-state index contributed by atoms with van der Waals surface area (Å²) in [5.41, 5.74) is 0.385. The van der Waals surface area contributed by atoms with Gasteiger partial charge >= 0.3 is 0 Å². The Kier molecular flexibility index (Phi) is 9.79. The molecule has 0 rings (SSSR count). The summed E-state index contributed by atoms with van der Waals surface area (Å²) in [5.74, 6) is 0. The van der Waals surface area contributed by atoms with Crippen LogP contribution in [0.15, 0.2) is 0 Å². The van der Waals surface area contributed by atoms with Gasteiger partial charge in [0, 0.05) is 26.2 Å². The Morgan fingerprint density at radius 2 is 1.65 bits per heavy atom. The van der Waals surface area contributed by atoms with Crippen LogP contribution in [0.3, 0.4) is 0 Å². The van der Waals surface area contributed by atoms with Crippen molar-refractivity contribution < 1.29 is 4.74 Å². The molecule has 0 aliphatic heterocycles. The number of likely N-dealkylation sites (N-methyl/N-ethyl adjacent to an activating group) is 1. The van der Waals surface area contributed by atoms with Crippen LogP contribution in [0, 0.1) is 5.41 Å². The second kappa shape index (κ2) is 9.86. The summed E-state index contributed by atoms with van der Waals surface area (Å²) in [6.45, 7) is 18.3. The first-order chi connectivity index (χ1) is 7.99. The molecule has 104 valence electrons. The third-order valence-corrected chi connectivity index (χ3v) is 2.92. The van der Waals surface area contributed by atoms with E-state index in [0.717, 1.165) is 52.4 Å². The van der Waals surface area contributed by atoms with Gasteiger partial charge in [-0.05, 0) is 24.9 Å². The highest BCUT2D eigenvalue weighted by Crippen LogP contribution is 2.17. The number of hydrogen-bond donors (Lipinski definition) is 1. The maximum atomic E-state index is 5.59. The molecule has 3 nitrogen and oxygen atoms in total. The molecule has 0 bridgehead atoms. The zero-order chi connectivity index (χ0) is 13.1. The lowest BCUT2D eigenvalue weighted by molar-refractivity contribution is 0.109. The molecule has 0 saturated heterocycles. The molecule has 0 saturated carbocycles. The summed E-state index contributed by atoms with van der Waals surface area (Å²) < 4.78 is 5.59. The molecular weight excluding hydrogens is 212 g/mol. The minimum Gasteiger partial charge on any atom is -0.380 e. The van der Waals surface area contributed by atoms with Crippen molar-refractivity contribution in [1.29, 1.82) is 0 Å². The highest BCUT2D eigenvalue weighted by Gasteiger charge is 2.08. The van der Waals surface area contributed by atoms with E-state index >= 15 is 0 Å². The van der Waals surface area contributed by atoms with Gasteiger partial charge in [0.15, 0.2) is 0 Å². The van der Waals surface area contributed by atoms with Gasteiger partial charge in [0.2, 0.25) is 0 Å². The Morgan fingerprint density at radius 1 is 1.00 bits per heavy atom. The molecule has 0 heterocycles. The molecule has 0 aliphatic carbocycles. The van der Waals surface area contributed by atoms with E-state index in [1.165, 1.54) is 0 Å². The third-order valence-electron chi connectivity index (χ3n) is 2.92. The number of rotatable bonds is 10. The summed E-state index contributed by atoms with van der Waals surface area (Å²) in [6, 6.07) is 0. The summed E-state index contributed by atoms with van der Waals surface area (Å²) >= 11 is 0.